The van der Waals surface area contributed by atoms with Gasteiger partial charge in [0.2, 0.25) is 11.8 Å². The van der Waals surface area contributed by atoms with Crippen molar-refractivity contribution in [3.05, 3.63) is 70.0 Å². The molecule has 8 heteroatoms. The van der Waals surface area contributed by atoms with Crippen molar-refractivity contribution in [2.24, 2.45) is 0 Å². The van der Waals surface area contributed by atoms with E-state index in [0.717, 1.165) is 0 Å². The van der Waals surface area contributed by atoms with Crippen LogP contribution in [-0.4, -0.2) is 52.7 Å². The molecule has 1 fully saturated rings. The SMILES string of the molecule is CC(=O)N1CCN(C(=O)/C=C/c2cccc([N+](=O)[O-])c2-c2ccccc2F)CC1. The summed E-state index contributed by atoms with van der Waals surface area (Å²) in [7, 11) is 0. The molecule has 2 amide bonds. The molecule has 0 radical (unpaired) electrons. The summed E-state index contributed by atoms with van der Waals surface area (Å²) >= 11 is 0. The summed E-state index contributed by atoms with van der Waals surface area (Å²) in [5, 5.41) is 11.5. The Morgan fingerprint density at radius 2 is 1.69 bits per heavy atom. The van der Waals surface area contributed by atoms with Crippen LogP contribution in [0.3, 0.4) is 0 Å². The fourth-order valence-electron chi connectivity index (χ4n) is 3.31. The highest BCUT2D eigenvalue weighted by Gasteiger charge is 2.22. The quantitative estimate of drug-likeness (QED) is 0.451. The summed E-state index contributed by atoms with van der Waals surface area (Å²) in [5.41, 5.74) is 0.364. The molecule has 1 aliphatic rings. The first-order valence-corrected chi connectivity index (χ1v) is 9.13. The van der Waals surface area contributed by atoms with E-state index in [4.69, 9.17) is 0 Å². The van der Waals surface area contributed by atoms with E-state index in [-0.39, 0.29) is 28.6 Å². The average molecular weight is 397 g/mol. The van der Waals surface area contributed by atoms with Crippen molar-refractivity contribution in [1.29, 1.82) is 0 Å². The minimum atomic E-state index is -0.580. The Labute approximate surface area is 167 Å². The second-order valence-electron chi connectivity index (χ2n) is 6.64. The zero-order chi connectivity index (χ0) is 21.0. The third kappa shape index (κ3) is 4.48. The molecule has 0 saturated carbocycles. The van der Waals surface area contributed by atoms with Gasteiger partial charge in [-0.05, 0) is 17.7 Å². The zero-order valence-electron chi connectivity index (χ0n) is 15.9. The summed E-state index contributed by atoms with van der Waals surface area (Å²) in [4.78, 5) is 38.1. The number of piperazine rings is 1. The first-order chi connectivity index (χ1) is 13.9. The lowest BCUT2D eigenvalue weighted by Crippen LogP contribution is -2.49. The lowest BCUT2D eigenvalue weighted by atomic mass is 9.97. The van der Waals surface area contributed by atoms with Crippen molar-refractivity contribution in [3.8, 4) is 11.1 Å². The number of amides is 2. The standard InChI is InChI=1S/C21H20FN3O4/c1-15(26)23-11-13-24(14-12-23)20(27)10-9-16-5-4-8-19(25(28)29)21(16)17-6-2-3-7-18(17)22/h2-10H,11-14H2,1H3/b10-9+. The molecule has 3 rings (SSSR count). The molecule has 0 aromatic heterocycles. The topological polar surface area (TPSA) is 83.8 Å². The lowest BCUT2D eigenvalue weighted by Gasteiger charge is -2.33. The Bertz CT molecular complexity index is 982. The van der Waals surface area contributed by atoms with Gasteiger partial charge in [0.25, 0.3) is 5.69 Å². The van der Waals surface area contributed by atoms with Crippen molar-refractivity contribution in [2.75, 3.05) is 26.2 Å². The number of hydrogen-bond donors (Lipinski definition) is 0. The van der Waals surface area contributed by atoms with Gasteiger partial charge in [0, 0.05) is 50.8 Å². The summed E-state index contributed by atoms with van der Waals surface area (Å²) in [5.74, 6) is -0.874. The monoisotopic (exact) mass is 397 g/mol. The Morgan fingerprint density at radius 1 is 1.03 bits per heavy atom. The first-order valence-electron chi connectivity index (χ1n) is 9.13. The van der Waals surface area contributed by atoms with E-state index in [2.05, 4.69) is 0 Å². The lowest BCUT2D eigenvalue weighted by molar-refractivity contribution is -0.384. The largest absolute Gasteiger partial charge is 0.339 e. The van der Waals surface area contributed by atoms with Crippen molar-refractivity contribution >= 4 is 23.6 Å². The minimum Gasteiger partial charge on any atom is -0.339 e. The Balaban J connectivity index is 1.89. The van der Waals surface area contributed by atoms with Crippen LogP contribution in [0, 0.1) is 15.9 Å². The third-order valence-electron chi connectivity index (χ3n) is 4.86. The van der Waals surface area contributed by atoms with Crippen LogP contribution in [0.5, 0.6) is 0 Å². The normalized spacial score (nSPS) is 14.3. The highest BCUT2D eigenvalue weighted by molar-refractivity contribution is 5.94. The molecule has 0 spiro atoms. The van der Waals surface area contributed by atoms with Crippen LogP contribution in [0.2, 0.25) is 0 Å². The van der Waals surface area contributed by atoms with Crippen molar-refractivity contribution < 1.29 is 18.9 Å². The van der Waals surface area contributed by atoms with E-state index < -0.39 is 10.7 Å². The fraction of sp³-hybridized carbons (Fsp3) is 0.238. The molecule has 2 aromatic rings. The summed E-state index contributed by atoms with van der Waals surface area (Å²) in [6, 6.07) is 10.2. The maximum Gasteiger partial charge on any atom is 0.277 e. The number of rotatable bonds is 4. The van der Waals surface area contributed by atoms with E-state index in [1.54, 1.807) is 21.9 Å². The van der Waals surface area contributed by atoms with Crippen LogP contribution in [-0.2, 0) is 9.59 Å². The number of nitro groups is 1. The van der Waals surface area contributed by atoms with E-state index in [1.165, 1.54) is 49.4 Å². The number of nitro benzene ring substituents is 1. The minimum absolute atomic E-state index is 0.0289. The second-order valence-corrected chi connectivity index (χ2v) is 6.64. The van der Waals surface area contributed by atoms with Crippen LogP contribution in [0.4, 0.5) is 10.1 Å². The van der Waals surface area contributed by atoms with Gasteiger partial charge < -0.3 is 9.80 Å². The third-order valence-corrected chi connectivity index (χ3v) is 4.86. The van der Waals surface area contributed by atoms with Gasteiger partial charge in [0.1, 0.15) is 5.82 Å². The summed E-state index contributed by atoms with van der Waals surface area (Å²) < 4.78 is 14.3. The molecule has 150 valence electrons. The molecular formula is C21H20FN3O4. The highest BCUT2D eigenvalue weighted by atomic mass is 19.1. The van der Waals surface area contributed by atoms with E-state index in [1.807, 2.05) is 0 Å². The predicted octanol–water partition coefficient (Wildman–Crippen LogP) is 3.10. The molecule has 0 atom stereocenters. The van der Waals surface area contributed by atoms with Crippen molar-refractivity contribution in [2.45, 2.75) is 6.92 Å². The Hall–Kier alpha value is -3.55. The molecule has 29 heavy (non-hydrogen) atoms. The maximum atomic E-state index is 14.3. The highest BCUT2D eigenvalue weighted by Crippen LogP contribution is 2.35. The van der Waals surface area contributed by atoms with Gasteiger partial charge in [-0.25, -0.2) is 4.39 Å². The molecule has 1 aliphatic heterocycles. The van der Waals surface area contributed by atoms with Crippen LogP contribution in [0.15, 0.2) is 48.5 Å². The van der Waals surface area contributed by atoms with Gasteiger partial charge in [-0.15, -0.1) is 0 Å². The van der Waals surface area contributed by atoms with Gasteiger partial charge in [0.05, 0.1) is 10.5 Å². The number of halogens is 1. The van der Waals surface area contributed by atoms with Gasteiger partial charge in [-0.3, -0.25) is 19.7 Å². The summed E-state index contributed by atoms with van der Waals surface area (Å²) in [6.45, 7) is 3.25. The molecule has 1 heterocycles. The molecular weight excluding hydrogens is 377 g/mol. The van der Waals surface area contributed by atoms with E-state index in [0.29, 0.717) is 31.7 Å². The molecule has 1 saturated heterocycles. The Morgan fingerprint density at radius 3 is 2.31 bits per heavy atom. The average Bonchev–Trinajstić information content (AvgIpc) is 2.72. The van der Waals surface area contributed by atoms with Crippen LogP contribution >= 0.6 is 0 Å². The number of carbonyl (C=O) groups excluding carboxylic acids is 2. The second kappa shape index (κ2) is 8.64. The van der Waals surface area contributed by atoms with Gasteiger partial charge in [-0.1, -0.05) is 30.3 Å². The Kier molecular flexibility index (Phi) is 6.01. The molecule has 2 aromatic carbocycles. The van der Waals surface area contributed by atoms with Crippen molar-refractivity contribution in [3.63, 3.8) is 0 Å². The maximum absolute atomic E-state index is 14.3. The molecule has 0 bridgehead atoms. The van der Waals surface area contributed by atoms with Crippen LogP contribution in [0.25, 0.3) is 17.2 Å². The number of nitrogens with zero attached hydrogens (tertiary/aromatic N) is 3. The molecule has 0 unspecified atom stereocenters. The number of carbonyl (C=O) groups is 2. The number of benzene rings is 2. The van der Waals surface area contributed by atoms with Gasteiger partial charge in [-0.2, -0.15) is 0 Å². The molecule has 0 N–H and O–H groups in total. The number of hydrogen-bond acceptors (Lipinski definition) is 4. The van der Waals surface area contributed by atoms with Crippen LogP contribution < -0.4 is 0 Å². The van der Waals surface area contributed by atoms with Crippen LogP contribution in [0.1, 0.15) is 12.5 Å². The van der Waals surface area contributed by atoms with Gasteiger partial charge in [0.15, 0.2) is 0 Å². The zero-order valence-corrected chi connectivity index (χ0v) is 15.9. The molecule has 7 nitrogen and oxygen atoms in total. The first kappa shape index (κ1) is 20.2. The summed E-state index contributed by atoms with van der Waals surface area (Å²) in [6.07, 6.45) is 2.79. The smallest absolute Gasteiger partial charge is 0.277 e. The fourth-order valence-corrected chi connectivity index (χ4v) is 3.31. The molecule has 0 aliphatic carbocycles. The van der Waals surface area contributed by atoms with E-state index >= 15 is 0 Å². The van der Waals surface area contributed by atoms with Crippen molar-refractivity contribution in [1.82, 2.24) is 9.80 Å². The van der Waals surface area contributed by atoms with Gasteiger partial charge >= 0.3 is 0 Å². The predicted molar refractivity (Wildman–Crippen MR) is 106 cm³/mol. The van der Waals surface area contributed by atoms with E-state index in [9.17, 15) is 24.1 Å².